The van der Waals surface area contributed by atoms with Gasteiger partial charge >= 0.3 is 6.36 Å². The van der Waals surface area contributed by atoms with Crippen molar-refractivity contribution in [3.8, 4) is 11.9 Å². The van der Waals surface area contributed by atoms with Gasteiger partial charge in [-0.2, -0.15) is 5.26 Å². The molecule has 0 aliphatic carbocycles. The molecule has 0 aliphatic rings. The van der Waals surface area contributed by atoms with E-state index in [1.54, 1.807) is 0 Å². The summed E-state index contributed by atoms with van der Waals surface area (Å²) in [6, 6.07) is 2.05. The van der Waals surface area contributed by atoms with Crippen molar-refractivity contribution in [3.05, 3.63) is 17.3 Å². The van der Waals surface area contributed by atoms with Crippen molar-refractivity contribution in [2.45, 2.75) is 19.2 Å². The molecule has 0 saturated carbocycles. The maximum absolute atomic E-state index is 12.6. The molecule has 0 radical (unpaired) electrons. The van der Waals surface area contributed by atoms with Crippen molar-refractivity contribution in [1.29, 1.82) is 5.26 Å². The average Bonchev–Trinajstić information content (AvgIpc) is 2.13. The smallest absolute Gasteiger partial charge is 0.398 e. The fourth-order valence-electron chi connectivity index (χ4n) is 1.24. The highest BCUT2D eigenvalue weighted by atomic mass is 19.4. The Morgan fingerprint density at radius 2 is 2.06 bits per heavy atom. The molecular formula is C9H6F5N3O. The molecule has 0 unspecified atom stereocenters. The van der Waals surface area contributed by atoms with Crippen molar-refractivity contribution in [1.82, 2.24) is 4.98 Å². The van der Waals surface area contributed by atoms with Crippen LogP contribution in [0.4, 0.5) is 27.6 Å². The number of nitrogens with two attached hydrogens (primary N) is 1. The average molecular weight is 267 g/mol. The van der Waals surface area contributed by atoms with Gasteiger partial charge in [-0.05, 0) is 0 Å². The summed E-state index contributed by atoms with van der Waals surface area (Å²) in [5.41, 5.74) is 3.29. The Bertz CT molecular complexity index is 480. The number of rotatable bonds is 3. The van der Waals surface area contributed by atoms with Crippen molar-refractivity contribution >= 4 is 5.69 Å². The third kappa shape index (κ3) is 3.44. The van der Waals surface area contributed by atoms with Gasteiger partial charge in [-0.25, -0.2) is 13.8 Å². The Balaban J connectivity index is 3.24. The number of hydrogen-bond donors (Lipinski definition) is 1. The van der Waals surface area contributed by atoms with Gasteiger partial charge in [0.1, 0.15) is 0 Å². The largest absolute Gasteiger partial charge is 0.574 e. The molecule has 0 aliphatic heterocycles. The molecule has 0 atom stereocenters. The van der Waals surface area contributed by atoms with Crippen molar-refractivity contribution in [2.75, 3.05) is 5.73 Å². The number of anilines is 1. The Morgan fingerprint density at radius 1 is 1.44 bits per heavy atom. The van der Waals surface area contributed by atoms with Gasteiger partial charge in [-0.3, -0.25) is 0 Å². The van der Waals surface area contributed by atoms with Gasteiger partial charge < -0.3 is 10.5 Å². The fraction of sp³-hybridized carbons (Fsp3) is 0.333. The highest BCUT2D eigenvalue weighted by Gasteiger charge is 2.32. The first-order chi connectivity index (χ1) is 8.24. The van der Waals surface area contributed by atoms with E-state index in [2.05, 4.69) is 9.72 Å². The molecule has 0 amide bonds. The van der Waals surface area contributed by atoms with Crippen LogP contribution in [0.15, 0.2) is 6.07 Å². The van der Waals surface area contributed by atoms with Crippen LogP contribution >= 0.6 is 0 Å². The zero-order valence-electron chi connectivity index (χ0n) is 8.63. The van der Waals surface area contributed by atoms with Crippen molar-refractivity contribution in [2.24, 2.45) is 0 Å². The van der Waals surface area contributed by atoms with Crippen LogP contribution in [0.3, 0.4) is 0 Å². The summed E-state index contributed by atoms with van der Waals surface area (Å²) in [7, 11) is 0. The molecule has 98 valence electrons. The van der Waals surface area contributed by atoms with E-state index in [1.807, 2.05) is 0 Å². The molecule has 2 N–H and O–H groups in total. The summed E-state index contributed by atoms with van der Waals surface area (Å²) in [6.07, 6.45) is -8.66. The van der Waals surface area contributed by atoms with E-state index >= 15 is 0 Å². The van der Waals surface area contributed by atoms with Gasteiger partial charge in [0.2, 0.25) is 5.88 Å². The molecule has 1 aromatic heterocycles. The molecular weight excluding hydrogens is 261 g/mol. The third-order valence-electron chi connectivity index (χ3n) is 1.83. The van der Waals surface area contributed by atoms with Crippen LogP contribution in [0.25, 0.3) is 0 Å². The zero-order chi connectivity index (χ0) is 13.9. The Hall–Kier alpha value is -2.11. The molecule has 0 fully saturated rings. The van der Waals surface area contributed by atoms with E-state index in [4.69, 9.17) is 11.0 Å². The van der Waals surface area contributed by atoms with Crippen LogP contribution in [0, 0.1) is 11.3 Å². The van der Waals surface area contributed by atoms with Crippen LogP contribution in [-0.2, 0) is 6.42 Å². The quantitative estimate of drug-likeness (QED) is 0.854. The lowest BCUT2D eigenvalue weighted by Crippen LogP contribution is -2.19. The summed E-state index contributed by atoms with van der Waals surface area (Å²) in [4.78, 5) is 3.21. The zero-order valence-corrected chi connectivity index (χ0v) is 8.63. The minimum absolute atomic E-state index is 0.535. The van der Waals surface area contributed by atoms with Crippen LogP contribution in [-0.4, -0.2) is 11.3 Å². The number of pyridine rings is 1. The Labute approximate surface area is 97.8 Å². The summed E-state index contributed by atoms with van der Waals surface area (Å²) in [5, 5.41) is 8.40. The van der Waals surface area contributed by atoms with Crippen LogP contribution < -0.4 is 10.5 Å². The second-order valence-electron chi connectivity index (χ2n) is 3.09. The van der Waals surface area contributed by atoms with Gasteiger partial charge in [-0.1, -0.05) is 0 Å². The maximum Gasteiger partial charge on any atom is 0.574 e. The van der Waals surface area contributed by atoms with Gasteiger partial charge in [-0.15, -0.1) is 13.2 Å². The molecule has 0 bridgehead atoms. The topological polar surface area (TPSA) is 71.9 Å². The SMILES string of the molecule is N#CCc1nc(OC(F)(F)F)cc(N)c1C(F)F. The molecule has 1 rings (SSSR count). The summed E-state index contributed by atoms with van der Waals surface area (Å²) in [5.74, 6) is -0.977. The number of nitrogen functional groups attached to an aromatic ring is 1. The van der Waals surface area contributed by atoms with Crippen molar-refractivity contribution < 1.29 is 26.7 Å². The fourth-order valence-corrected chi connectivity index (χ4v) is 1.24. The van der Waals surface area contributed by atoms with E-state index in [0.717, 1.165) is 0 Å². The number of aromatic nitrogens is 1. The minimum Gasteiger partial charge on any atom is -0.398 e. The molecule has 0 saturated heterocycles. The lowest BCUT2D eigenvalue weighted by Gasteiger charge is -2.13. The second kappa shape index (κ2) is 5.03. The van der Waals surface area contributed by atoms with E-state index in [9.17, 15) is 22.0 Å². The third-order valence-corrected chi connectivity index (χ3v) is 1.83. The molecule has 9 heteroatoms. The predicted octanol–water partition coefficient (Wildman–Crippen LogP) is 2.57. The maximum atomic E-state index is 12.6. The molecule has 1 heterocycles. The normalized spacial score (nSPS) is 11.4. The van der Waals surface area contributed by atoms with Crippen LogP contribution in [0.2, 0.25) is 0 Å². The highest BCUT2D eigenvalue weighted by molar-refractivity contribution is 5.52. The molecule has 1 aromatic rings. The lowest BCUT2D eigenvalue weighted by atomic mass is 10.1. The Morgan fingerprint density at radius 3 is 2.50 bits per heavy atom. The first-order valence-corrected chi connectivity index (χ1v) is 4.44. The van der Waals surface area contributed by atoms with Gasteiger partial charge in [0.25, 0.3) is 6.43 Å². The standard InChI is InChI=1S/C9H6F5N3O/c10-8(11)7-4(16)3-6(18-9(12,13)14)17-5(7)1-2-15/h3,8H,1H2,(H2,16,17). The van der Waals surface area contributed by atoms with Gasteiger partial charge in [0.15, 0.2) is 0 Å². The summed E-state index contributed by atoms with van der Waals surface area (Å²) in [6.45, 7) is 0. The molecule has 18 heavy (non-hydrogen) atoms. The van der Waals surface area contributed by atoms with E-state index in [-0.39, 0.29) is 0 Å². The monoisotopic (exact) mass is 267 g/mol. The predicted molar refractivity (Wildman–Crippen MR) is 49.6 cm³/mol. The number of hydrogen-bond acceptors (Lipinski definition) is 4. The lowest BCUT2D eigenvalue weighted by molar-refractivity contribution is -0.276. The molecule has 0 spiro atoms. The second-order valence-corrected chi connectivity index (χ2v) is 3.09. The van der Waals surface area contributed by atoms with Gasteiger partial charge in [0.05, 0.1) is 23.7 Å². The number of halogens is 5. The van der Waals surface area contributed by atoms with E-state index in [0.29, 0.717) is 6.07 Å². The van der Waals surface area contributed by atoms with E-state index in [1.165, 1.54) is 6.07 Å². The highest BCUT2D eigenvalue weighted by Crippen LogP contribution is 2.32. The number of nitrogens with zero attached hydrogens (tertiary/aromatic N) is 2. The summed E-state index contributed by atoms with van der Waals surface area (Å²) >= 11 is 0. The molecule has 0 aromatic carbocycles. The summed E-state index contributed by atoms with van der Waals surface area (Å²) < 4.78 is 64.4. The van der Waals surface area contributed by atoms with Crippen LogP contribution in [0.5, 0.6) is 5.88 Å². The van der Waals surface area contributed by atoms with Crippen LogP contribution in [0.1, 0.15) is 17.7 Å². The Kier molecular flexibility index (Phi) is 3.90. The number of nitriles is 1. The van der Waals surface area contributed by atoms with Gasteiger partial charge in [0, 0.05) is 11.8 Å². The number of ether oxygens (including phenoxy) is 1. The minimum atomic E-state index is -5.02. The molecule has 4 nitrogen and oxygen atoms in total. The van der Waals surface area contributed by atoms with Crippen molar-refractivity contribution in [3.63, 3.8) is 0 Å². The first kappa shape index (κ1) is 14.0. The number of alkyl halides is 5. The van der Waals surface area contributed by atoms with E-state index < -0.39 is 42.0 Å². The first-order valence-electron chi connectivity index (χ1n) is 4.44.